The Morgan fingerprint density at radius 2 is 1.71 bits per heavy atom. The maximum atomic E-state index is 12.9. The first-order valence-electron chi connectivity index (χ1n) is 9.51. The fourth-order valence-corrected chi connectivity index (χ4v) is 4.19. The summed E-state index contributed by atoms with van der Waals surface area (Å²) in [5.74, 6) is -0.0347. The molecule has 162 valence electrons. The van der Waals surface area contributed by atoms with E-state index in [1.54, 1.807) is 25.1 Å². The first kappa shape index (κ1) is 22.8. The van der Waals surface area contributed by atoms with Crippen molar-refractivity contribution in [3.8, 4) is 5.75 Å². The number of rotatable bonds is 7. The predicted molar refractivity (Wildman–Crippen MR) is 122 cm³/mol. The van der Waals surface area contributed by atoms with Gasteiger partial charge in [0.25, 0.3) is 5.91 Å². The van der Waals surface area contributed by atoms with Gasteiger partial charge < -0.3 is 10.1 Å². The number of ether oxygens (including phenoxy) is 1. The van der Waals surface area contributed by atoms with Crippen LogP contribution in [0.25, 0.3) is 0 Å². The minimum Gasteiger partial charge on any atom is -0.495 e. The normalized spacial score (nSPS) is 11.2. The number of nitrogens with one attached hydrogen (secondary N) is 2. The molecule has 2 N–H and O–H groups in total. The Morgan fingerprint density at radius 1 is 1.00 bits per heavy atom. The van der Waals surface area contributed by atoms with E-state index in [0.29, 0.717) is 22.0 Å². The number of benzene rings is 3. The van der Waals surface area contributed by atoms with E-state index >= 15 is 0 Å². The van der Waals surface area contributed by atoms with Crippen molar-refractivity contribution in [2.75, 3.05) is 12.4 Å². The largest absolute Gasteiger partial charge is 0.495 e. The van der Waals surface area contributed by atoms with Crippen LogP contribution in [-0.4, -0.2) is 21.4 Å². The summed E-state index contributed by atoms with van der Waals surface area (Å²) in [5, 5.41) is 3.30. The van der Waals surface area contributed by atoms with Gasteiger partial charge in [0.15, 0.2) is 0 Å². The van der Waals surface area contributed by atoms with Gasteiger partial charge in [0.05, 0.1) is 17.7 Å². The van der Waals surface area contributed by atoms with Gasteiger partial charge in [0.1, 0.15) is 5.75 Å². The van der Waals surface area contributed by atoms with Crippen LogP contribution in [0.3, 0.4) is 0 Å². The monoisotopic (exact) mass is 458 g/mol. The number of hydrogen-bond acceptors (Lipinski definition) is 4. The van der Waals surface area contributed by atoms with Crippen molar-refractivity contribution in [2.45, 2.75) is 25.3 Å². The van der Waals surface area contributed by atoms with E-state index in [2.05, 4.69) is 10.0 Å². The molecule has 0 radical (unpaired) electrons. The fourth-order valence-electron chi connectivity index (χ4n) is 2.99. The van der Waals surface area contributed by atoms with Crippen molar-refractivity contribution in [3.63, 3.8) is 0 Å². The van der Waals surface area contributed by atoms with Gasteiger partial charge in [-0.1, -0.05) is 48.0 Å². The number of amides is 1. The molecule has 0 heterocycles. The summed E-state index contributed by atoms with van der Waals surface area (Å²) in [6.45, 7) is 3.71. The Morgan fingerprint density at radius 3 is 2.39 bits per heavy atom. The van der Waals surface area contributed by atoms with E-state index in [9.17, 15) is 13.2 Å². The lowest BCUT2D eigenvalue weighted by Gasteiger charge is -2.14. The summed E-state index contributed by atoms with van der Waals surface area (Å²) < 4.78 is 33.4. The zero-order chi connectivity index (χ0) is 22.6. The minimum absolute atomic E-state index is 0.0124. The van der Waals surface area contributed by atoms with Crippen LogP contribution in [0.1, 0.15) is 27.0 Å². The number of halogens is 1. The predicted octanol–water partition coefficient (Wildman–Crippen LogP) is 4.70. The second-order valence-corrected chi connectivity index (χ2v) is 9.22. The number of anilines is 1. The van der Waals surface area contributed by atoms with E-state index in [4.69, 9.17) is 16.3 Å². The third-order valence-corrected chi connectivity index (χ3v) is 6.61. The molecule has 0 atom stereocenters. The first-order valence-corrected chi connectivity index (χ1v) is 11.4. The topological polar surface area (TPSA) is 84.5 Å². The average molecular weight is 459 g/mol. The maximum absolute atomic E-state index is 12.9. The number of hydrogen-bond donors (Lipinski definition) is 2. The molecular formula is C23H23ClN2O4S. The molecule has 3 aromatic rings. The Kier molecular flexibility index (Phi) is 7.00. The van der Waals surface area contributed by atoms with E-state index < -0.39 is 15.9 Å². The van der Waals surface area contributed by atoms with Crippen LogP contribution in [0.4, 0.5) is 5.69 Å². The first-order chi connectivity index (χ1) is 14.7. The lowest BCUT2D eigenvalue weighted by Crippen LogP contribution is -2.24. The fraction of sp³-hybridized carbons (Fsp3) is 0.174. The second kappa shape index (κ2) is 9.51. The van der Waals surface area contributed by atoms with E-state index in [1.807, 2.05) is 37.3 Å². The van der Waals surface area contributed by atoms with Gasteiger partial charge in [-0.15, -0.1) is 0 Å². The maximum Gasteiger partial charge on any atom is 0.256 e. The number of carbonyl (C=O) groups excluding carboxylic acids is 1. The van der Waals surface area contributed by atoms with Gasteiger partial charge in [-0.2, -0.15) is 0 Å². The van der Waals surface area contributed by atoms with Crippen LogP contribution in [0.2, 0.25) is 5.02 Å². The van der Waals surface area contributed by atoms with Crippen LogP contribution in [-0.2, 0) is 16.6 Å². The van der Waals surface area contributed by atoms with Gasteiger partial charge in [0.2, 0.25) is 10.0 Å². The van der Waals surface area contributed by atoms with Crippen LogP contribution >= 0.6 is 11.6 Å². The molecule has 31 heavy (non-hydrogen) atoms. The van der Waals surface area contributed by atoms with Crippen LogP contribution in [0, 0.1) is 13.8 Å². The lowest BCUT2D eigenvalue weighted by molar-refractivity contribution is 0.102. The summed E-state index contributed by atoms with van der Waals surface area (Å²) in [6.07, 6.45) is 0. The molecular weight excluding hydrogens is 436 g/mol. The Labute approximate surface area is 187 Å². The molecule has 0 saturated heterocycles. The summed E-state index contributed by atoms with van der Waals surface area (Å²) >= 11 is 6.12. The molecule has 0 aliphatic carbocycles. The molecule has 3 aromatic carbocycles. The van der Waals surface area contributed by atoms with Crippen LogP contribution in [0.5, 0.6) is 5.75 Å². The van der Waals surface area contributed by atoms with Crippen molar-refractivity contribution >= 4 is 33.2 Å². The molecule has 0 unspecified atom stereocenters. The number of aryl methyl sites for hydroxylation is 2. The highest BCUT2D eigenvalue weighted by atomic mass is 35.5. The number of carbonyl (C=O) groups is 1. The zero-order valence-corrected chi connectivity index (χ0v) is 19.0. The van der Waals surface area contributed by atoms with Crippen LogP contribution < -0.4 is 14.8 Å². The van der Waals surface area contributed by atoms with Gasteiger partial charge in [-0.05, 0) is 48.7 Å². The van der Waals surface area contributed by atoms with Gasteiger partial charge >= 0.3 is 0 Å². The van der Waals surface area contributed by atoms with E-state index in [-0.39, 0.29) is 17.0 Å². The minimum atomic E-state index is -3.80. The van der Waals surface area contributed by atoms with Gasteiger partial charge in [-0.25, -0.2) is 13.1 Å². The molecule has 0 aliphatic heterocycles. The van der Waals surface area contributed by atoms with Gasteiger partial charge in [0, 0.05) is 23.2 Å². The highest BCUT2D eigenvalue weighted by molar-refractivity contribution is 7.89. The molecule has 0 spiro atoms. The number of sulfonamides is 1. The SMILES string of the molecule is COc1cc(Cl)c(C)cc1NC(=O)c1cc(S(=O)(=O)NCc2ccccc2)ccc1C. The molecule has 0 saturated carbocycles. The third-order valence-electron chi connectivity index (χ3n) is 4.80. The molecule has 0 aliphatic rings. The summed E-state index contributed by atoms with van der Waals surface area (Å²) in [5.41, 5.74) is 2.95. The van der Waals surface area contributed by atoms with Crippen molar-refractivity contribution < 1.29 is 17.9 Å². The average Bonchev–Trinajstić information content (AvgIpc) is 2.75. The molecule has 0 aromatic heterocycles. The quantitative estimate of drug-likeness (QED) is 0.537. The Balaban J connectivity index is 1.85. The zero-order valence-electron chi connectivity index (χ0n) is 17.4. The van der Waals surface area contributed by atoms with E-state index in [0.717, 1.165) is 11.1 Å². The lowest BCUT2D eigenvalue weighted by atomic mass is 10.1. The highest BCUT2D eigenvalue weighted by Crippen LogP contribution is 2.31. The standard InChI is InChI=1S/C23H23ClN2O4S/c1-15-9-10-18(31(28,29)25-14-17-7-5-4-6-8-17)12-19(15)23(27)26-21-11-16(2)20(24)13-22(21)30-3/h4-13,25H,14H2,1-3H3,(H,26,27). The van der Waals surface area contributed by atoms with Crippen molar-refractivity contribution in [1.82, 2.24) is 4.72 Å². The molecule has 8 heteroatoms. The smallest absolute Gasteiger partial charge is 0.256 e. The molecule has 0 bridgehead atoms. The summed E-state index contributed by atoms with van der Waals surface area (Å²) in [4.78, 5) is 13.0. The van der Waals surface area contributed by atoms with E-state index in [1.165, 1.54) is 19.2 Å². The number of methoxy groups -OCH3 is 1. The Hall–Kier alpha value is -2.87. The summed E-state index contributed by atoms with van der Waals surface area (Å²) in [6, 6.07) is 17.0. The Bertz CT molecular complexity index is 1210. The third kappa shape index (κ3) is 5.44. The van der Waals surface area contributed by atoms with Crippen molar-refractivity contribution in [2.24, 2.45) is 0 Å². The molecule has 0 fully saturated rings. The molecule has 3 rings (SSSR count). The van der Waals surface area contributed by atoms with Crippen molar-refractivity contribution in [3.05, 3.63) is 87.9 Å². The second-order valence-electron chi connectivity index (χ2n) is 7.04. The molecule has 6 nitrogen and oxygen atoms in total. The summed E-state index contributed by atoms with van der Waals surface area (Å²) in [7, 11) is -2.32. The van der Waals surface area contributed by atoms with Crippen LogP contribution in [0.15, 0.2) is 65.6 Å². The highest BCUT2D eigenvalue weighted by Gasteiger charge is 2.19. The van der Waals surface area contributed by atoms with Crippen molar-refractivity contribution in [1.29, 1.82) is 0 Å². The van der Waals surface area contributed by atoms with Gasteiger partial charge in [-0.3, -0.25) is 4.79 Å². The molecule has 1 amide bonds.